The fourth-order valence-electron chi connectivity index (χ4n) is 2.85. The Kier molecular flexibility index (Phi) is 5.39. The number of alkyl carbamates (subject to hydrolysis) is 1. The maximum atomic E-state index is 11.8. The highest BCUT2D eigenvalue weighted by atomic mass is 16.6. The fourth-order valence-corrected chi connectivity index (χ4v) is 2.85. The first-order valence-corrected chi connectivity index (χ1v) is 7.93. The summed E-state index contributed by atoms with van der Waals surface area (Å²) in [5.74, 6) is 1.25. The maximum absolute atomic E-state index is 11.8. The van der Waals surface area contributed by atoms with Gasteiger partial charge in [0.25, 0.3) is 0 Å². The molecular formula is C15H27N5O2. The van der Waals surface area contributed by atoms with Gasteiger partial charge in [-0.2, -0.15) is 5.10 Å². The number of aromatic amines is 1. The SMILES string of the molecule is CC(NC1CCCC1CNC(=O)OC(C)(C)C)c1ncn[nH]1. The van der Waals surface area contributed by atoms with Crippen LogP contribution in [-0.4, -0.2) is 39.5 Å². The number of ether oxygens (including phenoxy) is 1. The standard InChI is InChI=1S/C15H27N5O2/c1-10(13-17-9-18-20-13)19-12-7-5-6-11(12)8-16-14(21)22-15(2,3)4/h9-12,19H,5-8H2,1-4H3,(H,16,21)(H,17,18,20). The second-order valence-corrected chi connectivity index (χ2v) is 6.94. The Bertz CT molecular complexity index is 469. The summed E-state index contributed by atoms with van der Waals surface area (Å²) in [5.41, 5.74) is -0.460. The third kappa shape index (κ3) is 4.98. The second kappa shape index (κ2) is 7.09. The van der Waals surface area contributed by atoms with E-state index >= 15 is 0 Å². The number of H-pyrrole nitrogens is 1. The Labute approximate surface area is 131 Å². The summed E-state index contributed by atoms with van der Waals surface area (Å²) in [4.78, 5) is 15.9. The molecule has 3 unspecified atom stereocenters. The van der Waals surface area contributed by atoms with Gasteiger partial charge in [0.2, 0.25) is 0 Å². The number of aromatic nitrogens is 3. The van der Waals surface area contributed by atoms with Gasteiger partial charge in [-0.1, -0.05) is 6.42 Å². The molecule has 1 saturated carbocycles. The number of carbonyl (C=O) groups is 1. The topological polar surface area (TPSA) is 91.9 Å². The molecule has 1 aliphatic carbocycles. The van der Waals surface area contributed by atoms with Crippen LogP contribution in [0.2, 0.25) is 0 Å². The fraction of sp³-hybridized carbons (Fsp3) is 0.800. The lowest BCUT2D eigenvalue weighted by Gasteiger charge is -2.25. The molecular weight excluding hydrogens is 282 g/mol. The molecule has 0 aromatic carbocycles. The molecule has 1 amide bonds. The van der Waals surface area contributed by atoms with Crippen molar-refractivity contribution in [1.82, 2.24) is 25.8 Å². The van der Waals surface area contributed by atoms with Crippen LogP contribution in [0, 0.1) is 5.92 Å². The molecule has 7 heteroatoms. The van der Waals surface area contributed by atoms with Crippen molar-refractivity contribution in [2.24, 2.45) is 5.92 Å². The average molecular weight is 309 g/mol. The van der Waals surface area contributed by atoms with Crippen molar-refractivity contribution < 1.29 is 9.53 Å². The van der Waals surface area contributed by atoms with Crippen LogP contribution in [0.4, 0.5) is 4.79 Å². The summed E-state index contributed by atoms with van der Waals surface area (Å²) in [6.45, 7) is 8.30. The number of amides is 1. The molecule has 0 aliphatic heterocycles. The van der Waals surface area contributed by atoms with Crippen LogP contribution in [-0.2, 0) is 4.74 Å². The molecule has 2 rings (SSSR count). The van der Waals surface area contributed by atoms with Gasteiger partial charge >= 0.3 is 6.09 Å². The molecule has 124 valence electrons. The van der Waals surface area contributed by atoms with Gasteiger partial charge in [0.1, 0.15) is 17.8 Å². The van der Waals surface area contributed by atoms with Crippen molar-refractivity contribution in [2.75, 3.05) is 6.54 Å². The molecule has 0 bridgehead atoms. The van der Waals surface area contributed by atoms with Gasteiger partial charge in [-0.25, -0.2) is 9.78 Å². The summed E-state index contributed by atoms with van der Waals surface area (Å²) in [6, 6.07) is 0.490. The van der Waals surface area contributed by atoms with Gasteiger partial charge in [0.15, 0.2) is 0 Å². The van der Waals surface area contributed by atoms with E-state index in [2.05, 4.69) is 32.7 Å². The highest BCUT2D eigenvalue weighted by molar-refractivity contribution is 5.67. The minimum Gasteiger partial charge on any atom is -0.444 e. The Morgan fingerprint density at radius 2 is 2.27 bits per heavy atom. The monoisotopic (exact) mass is 309 g/mol. The van der Waals surface area contributed by atoms with Crippen LogP contribution in [0.5, 0.6) is 0 Å². The van der Waals surface area contributed by atoms with E-state index in [1.54, 1.807) is 0 Å². The van der Waals surface area contributed by atoms with Crippen LogP contribution in [0.15, 0.2) is 6.33 Å². The molecule has 0 radical (unpaired) electrons. The van der Waals surface area contributed by atoms with E-state index in [0.717, 1.165) is 18.7 Å². The molecule has 1 aromatic rings. The smallest absolute Gasteiger partial charge is 0.407 e. The highest BCUT2D eigenvalue weighted by Gasteiger charge is 2.29. The molecule has 0 spiro atoms. The minimum atomic E-state index is -0.460. The first kappa shape index (κ1) is 16.7. The maximum Gasteiger partial charge on any atom is 0.407 e. The van der Waals surface area contributed by atoms with Crippen molar-refractivity contribution in [2.45, 2.75) is 64.6 Å². The Hall–Kier alpha value is -1.63. The number of carbonyl (C=O) groups excluding carboxylic acids is 1. The van der Waals surface area contributed by atoms with Crippen molar-refractivity contribution in [1.29, 1.82) is 0 Å². The molecule has 1 heterocycles. The van der Waals surface area contributed by atoms with Crippen LogP contribution < -0.4 is 10.6 Å². The highest BCUT2D eigenvalue weighted by Crippen LogP contribution is 2.27. The lowest BCUT2D eigenvalue weighted by Crippen LogP contribution is -2.41. The van der Waals surface area contributed by atoms with Gasteiger partial charge in [-0.3, -0.25) is 5.10 Å². The molecule has 1 fully saturated rings. The van der Waals surface area contributed by atoms with E-state index in [0.29, 0.717) is 18.5 Å². The first-order valence-electron chi connectivity index (χ1n) is 7.93. The van der Waals surface area contributed by atoms with E-state index < -0.39 is 5.60 Å². The zero-order valence-electron chi connectivity index (χ0n) is 13.8. The van der Waals surface area contributed by atoms with Crippen LogP contribution in [0.1, 0.15) is 58.8 Å². The predicted molar refractivity (Wildman–Crippen MR) is 83.3 cm³/mol. The van der Waals surface area contributed by atoms with Gasteiger partial charge in [0.05, 0.1) is 6.04 Å². The number of nitrogens with one attached hydrogen (secondary N) is 3. The normalized spacial score (nSPS) is 23.3. The predicted octanol–water partition coefficient (Wildman–Crippen LogP) is 2.15. The third-order valence-electron chi connectivity index (χ3n) is 3.87. The van der Waals surface area contributed by atoms with Crippen molar-refractivity contribution in [3.63, 3.8) is 0 Å². The Morgan fingerprint density at radius 1 is 1.50 bits per heavy atom. The van der Waals surface area contributed by atoms with Crippen molar-refractivity contribution in [3.05, 3.63) is 12.2 Å². The quantitative estimate of drug-likeness (QED) is 0.775. The van der Waals surface area contributed by atoms with Gasteiger partial charge < -0.3 is 15.4 Å². The van der Waals surface area contributed by atoms with Gasteiger partial charge in [0, 0.05) is 12.6 Å². The van der Waals surface area contributed by atoms with Gasteiger partial charge in [-0.15, -0.1) is 0 Å². The number of nitrogens with zero attached hydrogens (tertiary/aromatic N) is 2. The Balaban J connectivity index is 1.79. The van der Waals surface area contributed by atoms with Gasteiger partial charge in [-0.05, 0) is 46.5 Å². The summed E-state index contributed by atoms with van der Waals surface area (Å²) in [6.07, 6.45) is 4.56. The molecule has 1 aliphatic rings. The summed E-state index contributed by atoms with van der Waals surface area (Å²) in [7, 11) is 0. The molecule has 1 aromatic heterocycles. The number of hydrogen-bond acceptors (Lipinski definition) is 5. The Morgan fingerprint density at radius 3 is 2.91 bits per heavy atom. The zero-order valence-corrected chi connectivity index (χ0v) is 13.8. The van der Waals surface area contributed by atoms with Crippen LogP contribution in [0.3, 0.4) is 0 Å². The summed E-state index contributed by atoms with van der Waals surface area (Å²) < 4.78 is 5.28. The molecule has 3 N–H and O–H groups in total. The van der Waals surface area contributed by atoms with Crippen molar-refractivity contribution >= 4 is 6.09 Å². The zero-order chi connectivity index (χ0) is 16.2. The van der Waals surface area contributed by atoms with Crippen LogP contribution >= 0.6 is 0 Å². The number of rotatable bonds is 5. The first-order chi connectivity index (χ1) is 10.3. The molecule has 22 heavy (non-hydrogen) atoms. The second-order valence-electron chi connectivity index (χ2n) is 6.94. The average Bonchev–Trinajstić information content (AvgIpc) is 3.05. The summed E-state index contributed by atoms with van der Waals surface area (Å²) >= 11 is 0. The van der Waals surface area contributed by atoms with E-state index in [4.69, 9.17) is 4.74 Å². The molecule has 7 nitrogen and oxygen atoms in total. The minimum absolute atomic E-state index is 0.120. The van der Waals surface area contributed by atoms with E-state index in [1.807, 2.05) is 20.8 Å². The van der Waals surface area contributed by atoms with E-state index in [-0.39, 0.29) is 12.1 Å². The van der Waals surface area contributed by atoms with Crippen LogP contribution in [0.25, 0.3) is 0 Å². The van der Waals surface area contributed by atoms with E-state index in [9.17, 15) is 4.79 Å². The number of hydrogen-bond donors (Lipinski definition) is 3. The summed E-state index contributed by atoms with van der Waals surface area (Å²) in [5, 5.41) is 13.2. The largest absolute Gasteiger partial charge is 0.444 e. The lowest BCUT2D eigenvalue weighted by molar-refractivity contribution is 0.0517. The molecule has 0 saturated heterocycles. The van der Waals surface area contributed by atoms with Crippen molar-refractivity contribution in [3.8, 4) is 0 Å². The van der Waals surface area contributed by atoms with E-state index in [1.165, 1.54) is 12.7 Å². The lowest BCUT2D eigenvalue weighted by atomic mass is 10.0. The third-order valence-corrected chi connectivity index (χ3v) is 3.87. The molecule has 3 atom stereocenters.